The molecule has 2 aromatic rings. The Balaban J connectivity index is 1.67. The number of hydrogen-bond acceptors (Lipinski definition) is 5. The molecule has 2 heterocycles. The van der Waals surface area contributed by atoms with E-state index in [1.807, 2.05) is 30.3 Å². The number of piperidine rings is 1. The van der Waals surface area contributed by atoms with Gasteiger partial charge in [-0.3, -0.25) is 14.4 Å². The molecule has 148 valence electrons. The van der Waals surface area contributed by atoms with Crippen molar-refractivity contribution in [1.29, 1.82) is 0 Å². The number of benzene rings is 1. The summed E-state index contributed by atoms with van der Waals surface area (Å²) in [6.45, 7) is 2.30. The number of carboxylic acid groups (broad SMARTS) is 1. The first-order valence-corrected chi connectivity index (χ1v) is 9.12. The minimum atomic E-state index is -0.893. The first-order chi connectivity index (χ1) is 13.4. The minimum absolute atomic E-state index is 0.136. The molecular weight excluding hydrogens is 362 g/mol. The van der Waals surface area contributed by atoms with Crippen LogP contribution in [0, 0.1) is 12.8 Å². The van der Waals surface area contributed by atoms with Gasteiger partial charge in [0.1, 0.15) is 0 Å². The molecule has 1 aromatic heterocycles. The zero-order valence-corrected chi connectivity index (χ0v) is 15.9. The third-order valence-corrected chi connectivity index (χ3v) is 4.94. The number of rotatable bonds is 5. The van der Waals surface area contributed by atoms with Crippen molar-refractivity contribution in [3.05, 3.63) is 41.7 Å². The molecule has 2 amide bonds. The average Bonchev–Trinajstić information content (AvgIpc) is 3.09. The molecule has 1 aromatic carbocycles. The zero-order chi connectivity index (χ0) is 20.3. The number of nitrogens with zero attached hydrogens (tertiary/aromatic N) is 5. The molecule has 9 nitrogen and oxygen atoms in total. The van der Waals surface area contributed by atoms with Crippen molar-refractivity contribution < 1.29 is 19.5 Å². The monoisotopic (exact) mass is 385 g/mol. The van der Waals surface area contributed by atoms with Gasteiger partial charge in [-0.25, -0.2) is 4.68 Å². The van der Waals surface area contributed by atoms with E-state index in [0.717, 1.165) is 5.69 Å². The fraction of sp³-hybridized carbons (Fsp3) is 0.421. The highest BCUT2D eigenvalue weighted by atomic mass is 16.4. The third kappa shape index (κ3) is 4.03. The van der Waals surface area contributed by atoms with Gasteiger partial charge in [0.25, 0.3) is 5.91 Å². The standard InChI is InChI=1S/C19H23N5O4/c1-13-17(20-21-24(13)15-8-4-3-5-9-15)18(26)22(2)12-16(25)23-10-6-7-14(11-23)19(27)28/h3-5,8-9,14H,6-7,10-12H2,1-2H3,(H,27,28). The van der Waals surface area contributed by atoms with E-state index in [1.165, 1.54) is 16.8 Å². The molecule has 1 aliphatic rings. The Morgan fingerprint density at radius 3 is 2.64 bits per heavy atom. The molecule has 0 bridgehead atoms. The van der Waals surface area contributed by atoms with Crippen LogP contribution in [-0.2, 0) is 9.59 Å². The van der Waals surface area contributed by atoms with Crippen molar-refractivity contribution in [2.45, 2.75) is 19.8 Å². The van der Waals surface area contributed by atoms with Crippen molar-refractivity contribution >= 4 is 17.8 Å². The van der Waals surface area contributed by atoms with Crippen LogP contribution in [0.1, 0.15) is 29.0 Å². The second kappa shape index (κ2) is 8.20. The van der Waals surface area contributed by atoms with E-state index >= 15 is 0 Å². The van der Waals surface area contributed by atoms with Gasteiger partial charge in [-0.05, 0) is 31.9 Å². The Hall–Kier alpha value is -3.23. The van der Waals surface area contributed by atoms with Gasteiger partial charge in [0.2, 0.25) is 5.91 Å². The van der Waals surface area contributed by atoms with Crippen LogP contribution >= 0.6 is 0 Å². The molecule has 1 saturated heterocycles. The normalized spacial score (nSPS) is 16.6. The zero-order valence-electron chi connectivity index (χ0n) is 15.9. The number of para-hydroxylation sites is 1. The Morgan fingerprint density at radius 1 is 1.25 bits per heavy atom. The second-order valence-corrected chi connectivity index (χ2v) is 6.95. The molecule has 0 saturated carbocycles. The molecule has 0 spiro atoms. The first kappa shape index (κ1) is 19.5. The van der Waals surface area contributed by atoms with Gasteiger partial charge < -0.3 is 14.9 Å². The Morgan fingerprint density at radius 2 is 1.96 bits per heavy atom. The second-order valence-electron chi connectivity index (χ2n) is 6.95. The molecule has 1 atom stereocenters. The lowest BCUT2D eigenvalue weighted by atomic mass is 9.98. The first-order valence-electron chi connectivity index (χ1n) is 9.12. The number of likely N-dealkylation sites (N-methyl/N-ethyl adjacent to an activating group) is 1. The Bertz CT molecular complexity index is 880. The summed E-state index contributed by atoms with van der Waals surface area (Å²) in [6, 6.07) is 9.34. The summed E-state index contributed by atoms with van der Waals surface area (Å²) in [5, 5.41) is 17.2. The SMILES string of the molecule is Cc1c(C(=O)N(C)CC(=O)N2CCCC(C(=O)O)C2)nnn1-c1ccccc1. The van der Waals surface area contributed by atoms with Crippen molar-refractivity contribution in [2.24, 2.45) is 5.92 Å². The van der Waals surface area contributed by atoms with E-state index < -0.39 is 17.8 Å². The summed E-state index contributed by atoms with van der Waals surface area (Å²) in [5.74, 6) is -2.11. The van der Waals surface area contributed by atoms with E-state index in [-0.39, 0.29) is 24.7 Å². The largest absolute Gasteiger partial charge is 0.481 e. The van der Waals surface area contributed by atoms with E-state index in [2.05, 4.69) is 10.3 Å². The predicted molar refractivity (Wildman–Crippen MR) is 100.0 cm³/mol. The van der Waals surface area contributed by atoms with E-state index in [9.17, 15) is 14.4 Å². The molecule has 0 aliphatic carbocycles. The van der Waals surface area contributed by atoms with E-state index in [0.29, 0.717) is 25.1 Å². The predicted octanol–water partition coefficient (Wildman–Crippen LogP) is 0.971. The summed E-state index contributed by atoms with van der Waals surface area (Å²) >= 11 is 0. The van der Waals surface area contributed by atoms with Crippen molar-refractivity contribution in [2.75, 3.05) is 26.7 Å². The number of aliphatic carboxylic acids is 1. The highest BCUT2D eigenvalue weighted by molar-refractivity contribution is 5.95. The summed E-state index contributed by atoms with van der Waals surface area (Å²) < 4.78 is 1.57. The van der Waals surface area contributed by atoms with Gasteiger partial charge >= 0.3 is 5.97 Å². The quantitative estimate of drug-likeness (QED) is 0.822. The molecule has 1 aliphatic heterocycles. The lowest BCUT2D eigenvalue weighted by molar-refractivity contribution is -0.145. The third-order valence-electron chi connectivity index (χ3n) is 4.94. The van der Waals surface area contributed by atoms with Crippen molar-refractivity contribution in [3.63, 3.8) is 0 Å². The maximum absolute atomic E-state index is 12.7. The van der Waals surface area contributed by atoms with Crippen molar-refractivity contribution in [3.8, 4) is 5.69 Å². The van der Waals surface area contributed by atoms with Crippen LogP contribution in [0.3, 0.4) is 0 Å². The van der Waals surface area contributed by atoms with Crippen LogP contribution in [0.15, 0.2) is 30.3 Å². The summed E-state index contributed by atoms with van der Waals surface area (Å²) in [4.78, 5) is 39.2. The summed E-state index contributed by atoms with van der Waals surface area (Å²) in [5.41, 5.74) is 1.55. The Labute approximate surface area is 162 Å². The number of carboxylic acids is 1. The fourth-order valence-corrected chi connectivity index (χ4v) is 3.30. The van der Waals surface area contributed by atoms with Crippen molar-refractivity contribution in [1.82, 2.24) is 24.8 Å². The number of carbonyl (C=O) groups excluding carboxylic acids is 2. The van der Waals surface area contributed by atoms with Gasteiger partial charge in [0.15, 0.2) is 5.69 Å². The van der Waals surface area contributed by atoms with Crippen LogP contribution in [0.25, 0.3) is 5.69 Å². The fourth-order valence-electron chi connectivity index (χ4n) is 3.30. The van der Waals surface area contributed by atoms with Crippen LogP contribution < -0.4 is 0 Å². The summed E-state index contributed by atoms with van der Waals surface area (Å²) in [6.07, 6.45) is 1.21. The molecule has 1 N–H and O–H groups in total. The van der Waals surface area contributed by atoms with Crippen LogP contribution in [0.4, 0.5) is 0 Å². The van der Waals surface area contributed by atoms with Crippen LogP contribution in [-0.4, -0.2) is 74.4 Å². The molecule has 1 unspecified atom stereocenters. The molecule has 0 radical (unpaired) electrons. The molecule has 3 rings (SSSR count). The van der Waals surface area contributed by atoms with E-state index in [4.69, 9.17) is 5.11 Å². The van der Waals surface area contributed by atoms with Gasteiger partial charge in [-0.2, -0.15) is 0 Å². The lowest BCUT2D eigenvalue weighted by Crippen LogP contribution is -2.47. The van der Waals surface area contributed by atoms with Crippen LogP contribution in [0.5, 0.6) is 0 Å². The van der Waals surface area contributed by atoms with Gasteiger partial charge in [-0.1, -0.05) is 23.4 Å². The maximum atomic E-state index is 12.7. The number of amides is 2. The highest BCUT2D eigenvalue weighted by Crippen LogP contribution is 2.17. The number of likely N-dealkylation sites (tertiary alicyclic amines) is 1. The van der Waals surface area contributed by atoms with Gasteiger partial charge in [0.05, 0.1) is 23.8 Å². The minimum Gasteiger partial charge on any atom is -0.481 e. The smallest absolute Gasteiger partial charge is 0.308 e. The lowest BCUT2D eigenvalue weighted by Gasteiger charge is -2.31. The van der Waals surface area contributed by atoms with E-state index in [1.54, 1.807) is 11.6 Å². The average molecular weight is 385 g/mol. The molecule has 1 fully saturated rings. The number of carbonyl (C=O) groups is 3. The maximum Gasteiger partial charge on any atom is 0.308 e. The summed E-state index contributed by atoms with van der Waals surface area (Å²) in [7, 11) is 1.53. The van der Waals surface area contributed by atoms with Crippen LogP contribution in [0.2, 0.25) is 0 Å². The molecular formula is C19H23N5O4. The highest BCUT2D eigenvalue weighted by Gasteiger charge is 2.30. The Kier molecular flexibility index (Phi) is 5.72. The topological polar surface area (TPSA) is 109 Å². The number of aromatic nitrogens is 3. The molecule has 9 heteroatoms. The van der Waals surface area contributed by atoms with Gasteiger partial charge in [-0.15, -0.1) is 5.10 Å². The van der Waals surface area contributed by atoms with Gasteiger partial charge in [0, 0.05) is 20.1 Å². The molecule has 28 heavy (non-hydrogen) atoms. The number of hydrogen-bond donors (Lipinski definition) is 1.